The first-order chi connectivity index (χ1) is 15.2. The van der Waals surface area contributed by atoms with Gasteiger partial charge in [-0.05, 0) is 67.4 Å². The quantitative estimate of drug-likeness (QED) is 0.444. The molecule has 0 saturated carbocycles. The Labute approximate surface area is 184 Å². The number of ether oxygens (including phenoxy) is 1. The van der Waals surface area contributed by atoms with E-state index in [0.717, 1.165) is 48.3 Å². The van der Waals surface area contributed by atoms with E-state index in [9.17, 15) is 18.0 Å². The summed E-state index contributed by atoms with van der Waals surface area (Å²) in [5.41, 5.74) is 0.598. The van der Waals surface area contributed by atoms with Crippen molar-refractivity contribution in [1.82, 2.24) is 4.90 Å². The molecule has 1 aliphatic rings. The van der Waals surface area contributed by atoms with E-state index in [4.69, 9.17) is 4.74 Å². The maximum Gasteiger partial charge on any atom is 0.416 e. The molecule has 1 amide bonds. The Morgan fingerprint density at radius 3 is 2.47 bits per heavy atom. The topological polar surface area (TPSA) is 41.9 Å². The monoisotopic (exact) mass is 440 g/mol. The van der Waals surface area contributed by atoms with E-state index in [1.807, 2.05) is 13.0 Å². The lowest BCUT2D eigenvalue weighted by atomic mass is 9.95. The van der Waals surface area contributed by atoms with Crippen LogP contribution in [-0.2, 0) is 6.18 Å². The summed E-state index contributed by atoms with van der Waals surface area (Å²) in [6.07, 6.45) is -4.39. The minimum Gasteiger partial charge on any atom is -0.457 e. The molecule has 0 aromatic heterocycles. The van der Waals surface area contributed by atoms with Crippen molar-refractivity contribution in [3.8, 4) is 11.5 Å². The number of hydrogen-bond donors (Lipinski definition) is 0. The fourth-order valence-electron chi connectivity index (χ4n) is 3.72. The second-order valence-corrected chi connectivity index (χ2v) is 7.92. The van der Waals surface area contributed by atoms with E-state index in [0.29, 0.717) is 23.0 Å². The lowest BCUT2D eigenvalue weighted by Crippen LogP contribution is -2.49. The molecular weight excluding hydrogens is 417 g/mol. The molecule has 32 heavy (non-hydrogen) atoms. The third-order valence-electron chi connectivity index (χ3n) is 5.77. The van der Waals surface area contributed by atoms with Crippen molar-refractivity contribution in [1.29, 1.82) is 0 Å². The maximum atomic E-state index is 12.8. The first-order valence-corrected chi connectivity index (χ1v) is 10.4. The Hall–Kier alpha value is -3.19. The molecule has 1 fully saturated rings. The molecule has 7 heteroatoms. The van der Waals surface area contributed by atoms with Gasteiger partial charge in [-0.25, -0.2) is 4.99 Å². The maximum absolute atomic E-state index is 12.8. The van der Waals surface area contributed by atoms with Gasteiger partial charge in [0.1, 0.15) is 11.5 Å². The second kappa shape index (κ2) is 8.74. The number of fused-ring (bicyclic) bond motifs is 1. The first-order valence-electron chi connectivity index (χ1n) is 10.4. The van der Waals surface area contributed by atoms with Crippen LogP contribution in [0.2, 0.25) is 0 Å². The first kappa shape index (κ1) is 22.0. The number of carbonyl (C=O) groups is 1. The Morgan fingerprint density at radius 2 is 1.81 bits per heavy atom. The van der Waals surface area contributed by atoms with Crippen LogP contribution in [0.25, 0.3) is 10.8 Å². The standard InChI is InChI=1S/C25H23F3N2O2/c1-3-30-14-19(15-30)16(2)29-24(31)18-7-12-22-17(13-18)5-4-6-23(22)32-21-10-8-20(9-11-21)25(26,27)28/h4-13,19H,3,14-15H2,1-2H3/b29-16+. The summed E-state index contributed by atoms with van der Waals surface area (Å²) >= 11 is 0. The average Bonchev–Trinajstić information content (AvgIpc) is 2.72. The predicted molar refractivity (Wildman–Crippen MR) is 119 cm³/mol. The molecule has 1 saturated heterocycles. The number of benzene rings is 3. The van der Waals surface area contributed by atoms with Gasteiger partial charge in [0, 0.05) is 35.7 Å². The highest BCUT2D eigenvalue weighted by atomic mass is 19.4. The van der Waals surface area contributed by atoms with Gasteiger partial charge in [0.05, 0.1) is 5.56 Å². The van der Waals surface area contributed by atoms with Crippen molar-refractivity contribution in [2.45, 2.75) is 20.0 Å². The average molecular weight is 440 g/mol. The second-order valence-electron chi connectivity index (χ2n) is 7.92. The molecule has 4 nitrogen and oxygen atoms in total. The summed E-state index contributed by atoms with van der Waals surface area (Å²) in [6.45, 7) is 6.87. The zero-order valence-corrected chi connectivity index (χ0v) is 17.8. The minimum absolute atomic E-state index is 0.284. The Balaban J connectivity index is 1.53. The molecule has 0 bridgehead atoms. The van der Waals surface area contributed by atoms with Gasteiger partial charge in [-0.3, -0.25) is 4.79 Å². The summed E-state index contributed by atoms with van der Waals surface area (Å²) in [5.74, 6) is 0.832. The van der Waals surface area contributed by atoms with Crippen molar-refractivity contribution < 1.29 is 22.7 Å². The van der Waals surface area contributed by atoms with E-state index in [1.54, 1.807) is 30.3 Å². The largest absolute Gasteiger partial charge is 0.457 e. The van der Waals surface area contributed by atoms with E-state index in [2.05, 4.69) is 16.8 Å². The van der Waals surface area contributed by atoms with Crippen molar-refractivity contribution in [2.24, 2.45) is 10.9 Å². The third-order valence-corrected chi connectivity index (χ3v) is 5.77. The molecule has 1 aliphatic heterocycles. The number of nitrogens with zero attached hydrogens (tertiary/aromatic N) is 2. The van der Waals surface area contributed by atoms with Crippen LogP contribution >= 0.6 is 0 Å². The van der Waals surface area contributed by atoms with Gasteiger partial charge in [0.15, 0.2) is 0 Å². The Bertz CT molecular complexity index is 1160. The van der Waals surface area contributed by atoms with E-state index >= 15 is 0 Å². The fraction of sp³-hybridized carbons (Fsp3) is 0.280. The highest BCUT2D eigenvalue weighted by Gasteiger charge is 2.30. The molecule has 3 aromatic carbocycles. The fourth-order valence-corrected chi connectivity index (χ4v) is 3.72. The molecule has 0 N–H and O–H groups in total. The summed E-state index contributed by atoms with van der Waals surface area (Å²) in [6, 6.07) is 15.1. The molecule has 4 rings (SSSR count). The number of carbonyl (C=O) groups excluding carboxylic acids is 1. The van der Waals surface area contributed by atoms with Crippen molar-refractivity contribution in [2.75, 3.05) is 19.6 Å². The van der Waals surface area contributed by atoms with E-state index < -0.39 is 11.7 Å². The molecule has 1 heterocycles. The van der Waals surface area contributed by atoms with Crippen LogP contribution < -0.4 is 4.74 Å². The number of halogens is 3. The SMILES string of the molecule is CCN1CC(/C(C)=N/C(=O)c2ccc3c(Oc4ccc(C(F)(F)F)cc4)cccc3c2)C1. The molecule has 166 valence electrons. The zero-order valence-electron chi connectivity index (χ0n) is 17.8. The van der Waals surface area contributed by atoms with Gasteiger partial charge in [-0.1, -0.05) is 19.1 Å². The predicted octanol–water partition coefficient (Wildman–Crippen LogP) is 6.20. The van der Waals surface area contributed by atoms with Gasteiger partial charge in [0.25, 0.3) is 5.91 Å². The zero-order chi connectivity index (χ0) is 22.9. The van der Waals surface area contributed by atoms with Crippen LogP contribution in [0, 0.1) is 5.92 Å². The summed E-state index contributed by atoms with van der Waals surface area (Å²) < 4.78 is 44.1. The highest BCUT2D eigenvalue weighted by Crippen LogP contribution is 2.34. The van der Waals surface area contributed by atoms with Gasteiger partial charge >= 0.3 is 6.18 Å². The van der Waals surface area contributed by atoms with Crippen LogP contribution in [0.1, 0.15) is 29.8 Å². The lowest BCUT2D eigenvalue weighted by Gasteiger charge is -2.38. The molecule has 0 unspecified atom stereocenters. The number of likely N-dealkylation sites (tertiary alicyclic amines) is 1. The molecular formula is C25H23F3N2O2. The minimum atomic E-state index is -4.39. The van der Waals surface area contributed by atoms with Crippen LogP contribution in [0.15, 0.2) is 65.7 Å². The highest BCUT2D eigenvalue weighted by molar-refractivity contribution is 6.06. The van der Waals surface area contributed by atoms with E-state index in [-0.39, 0.29) is 5.91 Å². The number of aliphatic imine (C=N–C) groups is 1. The number of rotatable bonds is 5. The van der Waals surface area contributed by atoms with Crippen LogP contribution in [0.3, 0.4) is 0 Å². The van der Waals surface area contributed by atoms with E-state index in [1.165, 1.54) is 12.1 Å². The number of amides is 1. The van der Waals surface area contributed by atoms with Crippen molar-refractivity contribution in [3.63, 3.8) is 0 Å². The molecule has 0 radical (unpaired) electrons. The van der Waals surface area contributed by atoms with Crippen LogP contribution in [0.4, 0.5) is 13.2 Å². The summed E-state index contributed by atoms with van der Waals surface area (Å²) in [5, 5.41) is 1.54. The number of hydrogen-bond acceptors (Lipinski definition) is 3. The smallest absolute Gasteiger partial charge is 0.416 e. The van der Waals surface area contributed by atoms with Gasteiger partial charge < -0.3 is 9.64 Å². The number of alkyl halides is 3. The van der Waals surface area contributed by atoms with Crippen molar-refractivity contribution in [3.05, 3.63) is 71.8 Å². The van der Waals surface area contributed by atoms with Gasteiger partial charge in [-0.15, -0.1) is 0 Å². The lowest BCUT2D eigenvalue weighted by molar-refractivity contribution is -0.137. The molecule has 0 aliphatic carbocycles. The van der Waals surface area contributed by atoms with Gasteiger partial charge in [-0.2, -0.15) is 13.2 Å². The third kappa shape index (κ3) is 4.67. The van der Waals surface area contributed by atoms with Crippen LogP contribution in [-0.4, -0.2) is 36.2 Å². The Morgan fingerprint density at radius 1 is 1.09 bits per heavy atom. The summed E-state index contributed by atoms with van der Waals surface area (Å²) in [4.78, 5) is 19.2. The molecule has 3 aromatic rings. The normalized spacial score (nSPS) is 15.6. The molecule has 0 atom stereocenters. The van der Waals surface area contributed by atoms with Crippen molar-refractivity contribution >= 4 is 22.4 Å². The van der Waals surface area contributed by atoms with Gasteiger partial charge in [0.2, 0.25) is 0 Å². The van der Waals surface area contributed by atoms with Crippen LogP contribution in [0.5, 0.6) is 11.5 Å². The Kier molecular flexibility index (Phi) is 6.02. The summed E-state index contributed by atoms with van der Waals surface area (Å²) in [7, 11) is 0. The molecule has 0 spiro atoms.